The minimum absolute atomic E-state index is 0.0533. The second-order valence-corrected chi connectivity index (χ2v) is 12.3. The van der Waals surface area contributed by atoms with Gasteiger partial charge in [-0.3, -0.25) is 14.6 Å². The number of benzene rings is 1. The van der Waals surface area contributed by atoms with Gasteiger partial charge in [0.2, 0.25) is 5.91 Å². The van der Waals surface area contributed by atoms with E-state index >= 15 is 0 Å². The predicted octanol–water partition coefficient (Wildman–Crippen LogP) is 3.11. The third-order valence-electron chi connectivity index (χ3n) is 6.71. The van der Waals surface area contributed by atoms with Crippen LogP contribution in [0.5, 0.6) is 0 Å². The molecule has 1 N–H and O–H groups in total. The number of hydrogen-bond acceptors (Lipinski definition) is 6. The lowest BCUT2D eigenvalue weighted by Gasteiger charge is -2.37. The van der Waals surface area contributed by atoms with Gasteiger partial charge in [0, 0.05) is 24.5 Å². The van der Waals surface area contributed by atoms with Crippen molar-refractivity contribution in [1.82, 2.24) is 15.1 Å². The summed E-state index contributed by atoms with van der Waals surface area (Å²) in [4.78, 5) is 19.3. The maximum Gasteiger partial charge on any atom is 0.242 e. The molecule has 0 bridgehead atoms. The van der Waals surface area contributed by atoms with Gasteiger partial charge in [0.15, 0.2) is 9.84 Å². The highest BCUT2D eigenvalue weighted by Crippen LogP contribution is 2.30. The smallest absolute Gasteiger partial charge is 0.242 e. The topological polar surface area (TPSA) is 69.7 Å². The van der Waals surface area contributed by atoms with Gasteiger partial charge in [0.05, 0.1) is 17.5 Å². The van der Waals surface area contributed by atoms with Crippen LogP contribution >= 0.6 is 11.3 Å². The van der Waals surface area contributed by atoms with Gasteiger partial charge in [-0.15, -0.1) is 11.3 Å². The molecule has 2 fully saturated rings. The largest absolute Gasteiger partial charge is 0.352 e. The SMILES string of the molecule is CC1CCN(C(CNC(=O)C(c2ccccc2)N2CCS(=O)(=O)CC2)c2cccs2)CC1. The van der Waals surface area contributed by atoms with E-state index in [1.165, 1.54) is 17.7 Å². The molecule has 0 spiro atoms. The van der Waals surface area contributed by atoms with E-state index in [4.69, 9.17) is 0 Å². The van der Waals surface area contributed by atoms with Crippen LogP contribution in [-0.4, -0.2) is 68.4 Å². The van der Waals surface area contributed by atoms with Gasteiger partial charge in [-0.25, -0.2) is 8.42 Å². The number of sulfone groups is 1. The average molecular weight is 476 g/mol. The van der Waals surface area contributed by atoms with Gasteiger partial charge in [0.25, 0.3) is 0 Å². The Hall–Kier alpha value is -1.74. The minimum Gasteiger partial charge on any atom is -0.352 e. The highest BCUT2D eigenvalue weighted by atomic mass is 32.2. The van der Waals surface area contributed by atoms with Gasteiger partial charge >= 0.3 is 0 Å². The molecule has 2 unspecified atom stereocenters. The lowest BCUT2D eigenvalue weighted by Crippen LogP contribution is -2.49. The van der Waals surface area contributed by atoms with Crippen molar-refractivity contribution >= 4 is 27.1 Å². The number of thiophene rings is 1. The summed E-state index contributed by atoms with van der Waals surface area (Å²) in [6.45, 7) is 5.73. The van der Waals surface area contributed by atoms with Crippen molar-refractivity contribution in [3.05, 3.63) is 58.3 Å². The van der Waals surface area contributed by atoms with Crippen LogP contribution in [0.1, 0.15) is 42.3 Å². The first kappa shape index (κ1) is 23.4. The molecule has 6 nitrogen and oxygen atoms in total. The Morgan fingerprint density at radius 3 is 2.34 bits per heavy atom. The second kappa shape index (κ2) is 10.5. The fraction of sp³-hybridized carbons (Fsp3) is 0.542. The molecule has 1 aromatic heterocycles. The van der Waals surface area contributed by atoms with Crippen molar-refractivity contribution in [3.8, 4) is 0 Å². The van der Waals surface area contributed by atoms with Gasteiger partial charge in [0.1, 0.15) is 6.04 Å². The molecule has 3 heterocycles. The van der Waals surface area contributed by atoms with E-state index in [0.717, 1.165) is 24.6 Å². The van der Waals surface area contributed by atoms with Crippen molar-refractivity contribution in [2.24, 2.45) is 5.92 Å². The van der Waals surface area contributed by atoms with E-state index in [9.17, 15) is 13.2 Å². The maximum absolute atomic E-state index is 13.5. The first-order chi connectivity index (χ1) is 15.4. The quantitative estimate of drug-likeness (QED) is 0.666. The molecule has 1 amide bonds. The zero-order valence-electron chi connectivity index (χ0n) is 18.7. The summed E-state index contributed by atoms with van der Waals surface area (Å²) in [5.74, 6) is 0.908. The van der Waals surface area contributed by atoms with E-state index < -0.39 is 15.9 Å². The van der Waals surface area contributed by atoms with Crippen molar-refractivity contribution in [1.29, 1.82) is 0 Å². The Balaban J connectivity index is 1.49. The van der Waals surface area contributed by atoms with Crippen LogP contribution in [0.15, 0.2) is 47.8 Å². The number of carbonyl (C=O) groups is 1. The Labute approximate surface area is 195 Å². The molecule has 2 aromatic rings. The van der Waals surface area contributed by atoms with Crippen molar-refractivity contribution in [2.75, 3.05) is 44.2 Å². The van der Waals surface area contributed by atoms with Gasteiger partial charge in [-0.05, 0) is 48.9 Å². The molecule has 1 aromatic carbocycles. The van der Waals surface area contributed by atoms with E-state index in [-0.39, 0.29) is 23.5 Å². The Bertz CT molecular complexity index is 957. The Morgan fingerprint density at radius 1 is 1.03 bits per heavy atom. The van der Waals surface area contributed by atoms with Crippen molar-refractivity contribution in [3.63, 3.8) is 0 Å². The Kier molecular flexibility index (Phi) is 7.66. The summed E-state index contributed by atoms with van der Waals surface area (Å²) in [7, 11) is -3.01. The molecular formula is C24H33N3O3S2. The number of piperidine rings is 1. The minimum atomic E-state index is -3.01. The predicted molar refractivity (Wildman–Crippen MR) is 129 cm³/mol. The van der Waals surface area contributed by atoms with Gasteiger partial charge in [-0.2, -0.15) is 0 Å². The fourth-order valence-corrected chi connectivity index (χ4v) is 6.76. The van der Waals surface area contributed by atoms with Crippen molar-refractivity contribution in [2.45, 2.75) is 31.8 Å². The van der Waals surface area contributed by atoms with E-state index in [0.29, 0.717) is 19.6 Å². The van der Waals surface area contributed by atoms with Crippen LogP contribution in [-0.2, 0) is 14.6 Å². The molecule has 8 heteroatoms. The van der Waals surface area contributed by atoms with Crippen LogP contribution in [0, 0.1) is 5.92 Å². The van der Waals surface area contributed by atoms with Crippen LogP contribution in [0.3, 0.4) is 0 Å². The second-order valence-electron chi connectivity index (χ2n) is 9.00. The summed E-state index contributed by atoms with van der Waals surface area (Å²) < 4.78 is 23.9. The monoisotopic (exact) mass is 475 g/mol. The molecule has 2 atom stereocenters. The summed E-state index contributed by atoms with van der Waals surface area (Å²) in [6, 6.07) is 13.6. The zero-order chi connectivity index (χ0) is 22.6. The molecule has 2 aliphatic rings. The molecule has 4 rings (SSSR count). The standard InChI is InChI=1S/C24H33N3O3S2/c1-19-9-11-26(12-10-19)21(22-8-5-15-31-22)18-25-24(28)23(20-6-3-2-4-7-20)27-13-16-32(29,30)17-14-27/h2-8,15,19,21,23H,9-14,16-18H2,1H3,(H,25,28). The maximum atomic E-state index is 13.5. The number of nitrogens with zero attached hydrogens (tertiary/aromatic N) is 2. The van der Waals surface area contributed by atoms with Crippen LogP contribution in [0.2, 0.25) is 0 Å². The first-order valence-electron chi connectivity index (χ1n) is 11.5. The zero-order valence-corrected chi connectivity index (χ0v) is 20.3. The van der Waals surface area contributed by atoms with Gasteiger partial charge < -0.3 is 5.32 Å². The highest BCUT2D eigenvalue weighted by molar-refractivity contribution is 7.91. The molecule has 32 heavy (non-hydrogen) atoms. The number of carbonyl (C=O) groups excluding carboxylic acids is 1. The molecule has 0 radical (unpaired) electrons. The normalized spacial score (nSPS) is 22.3. The lowest BCUT2D eigenvalue weighted by molar-refractivity contribution is -0.127. The number of hydrogen-bond donors (Lipinski definition) is 1. The lowest BCUT2D eigenvalue weighted by atomic mass is 9.97. The number of rotatable bonds is 7. The number of likely N-dealkylation sites (tertiary alicyclic amines) is 1. The summed E-state index contributed by atoms with van der Waals surface area (Å²) in [5.41, 5.74) is 0.906. The van der Waals surface area contributed by atoms with E-state index in [1.54, 1.807) is 11.3 Å². The third kappa shape index (κ3) is 5.78. The summed E-state index contributed by atoms with van der Waals surface area (Å²) in [6.07, 6.45) is 2.37. The molecular weight excluding hydrogens is 442 g/mol. The third-order valence-corrected chi connectivity index (χ3v) is 9.29. The van der Waals surface area contributed by atoms with E-state index in [2.05, 4.69) is 34.7 Å². The summed E-state index contributed by atoms with van der Waals surface area (Å²) in [5, 5.41) is 5.33. The number of nitrogens with one attached hydrogen (secondary N) is 1. The van der Waals surface area contributed by atoms with Crippen LogP contribution < -0.4 is 5.32 Å². The average Bonchev–Trinajstić information content (AvgIpc) is 3.32. The number of amides is 1. The molecule has 0 saturated carbocycles. The van der Waals surface area contributed by atoms with Gasteiger partial charge in [-0.1, -0.05) is 43.3 Å². The molecule has 0 aliphatic carbocycles. The molecule has 2 saturated heterocycles. The molecule has 174 valence electrons. The summed E-state index contributed by atoms with van der Waals surface area (Å²) >= 11 is 1.74. The Morgan fingerprint density at radius 2 is 1.72 bits per heavy atom. The van der Waals surface area contributed by atoms with Crippen LogP contribution in [0.25, 0.3) is 0 Å². The van der Waals surface area contributed by atoms with Crippen molar-refractivity contribution < 1.29 is 13.2 Å². The fourth-order valence-electron chi connectivity index (χ4n) is 4.67. The van der Waals surface area contributed by atoms with E-state index in [1.807, 2.05) is 35.2 Å². The van der Waals surface area contributed by atoms with Crippen LogP contribution in [0.4, 0.5) is 0 Å². The first-order valence-corrected chi connectivity index (χ1v) is 14.2. The highest BCUT2D eigenvalue weighted by Gasteiger charge is 2.33. The molecule has 2 aliphatic heterocycles.